The fourth-order valence-corrected chi connectivity index (χ4v) is 1.92. The van der Waals surface area contributed by atoms with Crippen molar-refractivity contribution in [2.45, 2.75) is 20.3 Å². The highest BCUT2D eigenvalue weighted by Gasteiger charge is 2.05. The van der Waals surface area contributed by atoms with E-state index in [1.807, 2.05) is 24.3 Å². The van der Waals surface area contributed by atoms with E-state index >= 15 is 0 Å². The van der Waals surface area contributed by atoms with E-state index in [4.69, 9.17) is 0 Å². The average molecular weight is 269 g/mol. The quantitative estimate of drug-likeness (QED) is 0.897. The van der Waals surface area contributed by atoms with Crippen molar-refractivity contribution in [2.24, 2.45) is 0 Å². The van der Waals surface area contributed by atoms with Crippen LogP contribution >= 0.6 is 0 Å². The Morgan fingerprint density at radius 2 is 1.95 bits per heavy atom. The minimum atomic E-state index is -0.0349. The Morgan fingerprint density at radius 1 is 1.15 bits per heavy atom. The maximum absolute atomic E-state index is 12.0. The number of hydrogen-bond donors (Lipinski definition) is 2. The van der Waals surface area contributed by atoms with Gasteiger partial charge in [-0.25, -0.2) is 4.98 Å². The molecule has 4 nitrogen and oxygen atoms in total. The van der Waals surface area contributed by atoms with Crippen molar-refractivity contribution in [3.05, 3.63) is 53.2 Å². The predicted molar refractivity (Wildman–Crippen MR) is 82.0 cm³/mol. The van der Waals surface area contributed by atoms with Gasteiger partial charge in [0.2, 0.25) is 5.91 Å². The Balaban J connectivity index is 1.99. The van der Waals surface area contributed by atoms with Crippen LogP contribution in [0.3, 0.4) is 0 Å². The van der Waals surface area contributed by atoms with Gasteiger partial charge in [-0.15, -0.1) is 0 Å². The van der Waals surface area contributed by atoms with Gasteiger partial charge in [-0.1, -0.05) is 18.2 Å². The molecule has 0 aliphatic rings. The molecule has 1 heterocycles. The molecular weight excluding hydrogens is 250 g/mol. The summed E-state index contributed by atoms with van der Waals surface area (Å²) in [5.74, 6) is 0.740. The summed E-state index contributed by atoms with van der Waals surface area (Å²) in [7, 11) is 1.81. The van der Waals surface area contributed by atoms with Crippen molar-refractivity contribution in [1.82, 2.24) is 4.98 Å². The van der Waals surface area contributed by atoms with E-state index in [2.05, 4.69) is 35.5 Å². The number of carbonyl (C=O) groups excluding carboxylic acids is 1. The predicted octanol–water partition coefficient (Wildman–Crippen LogP) is 2.92. The normalized spacial score (nSPS) is 10.2. The summed E-state index contributed by atoms with van der Waals surface area (Å²) in [4.78, 5) is 16.1. The van der Waals surface area contributed by atoms with Crippen LogP contribution in [0.2, 0.25) is 0 Å². The van der Waals surface area contributed by atoms with Gasteiger partial charge in [0.1, 0.15) is 5.82 Å². The Morgan fingerprint density at radius 3 is 2.55 bits per heavy atom. The largest absolute Gasteiger partial charge is 0.373 e. The maximum Gasteiger partial charge on any atom is 0.228 e. The van der Waals surface area contributed by atoms with E-state index in [0.29, 0.717) is 12.1 Å². The van der Waals surface area contributed by atoms with Gasteiger partial charge in [-0.05, 0) is 42.7 Å². The zero-order valence-corrected chi connectivity index (χ0v) is 12.0. The average Bonchev–Trinajstić information content (AvgIpc) is 2.44. The number of aromatic nitrogens is 1. The maximum atomic E-state index is 12.0. The topological polar surface area (TPSA) is 54.0 Å². The minimum Gasteiger partial charge on any atom is -0.373 e. The van der Waals surface area contributed by atoms with Crippen LogP contribution in [0.15, 0.2) is 36.5 Å². The number of nitrogens with one attached hydrogen (secondary N) is 2. The van der Waals surface area contributed by atoms with Crippen LogP contribution in [-0.4, -0.2) is 17.9 Å². The van der Waals surface area contributed by atoms with Crippen LogP contribution in [-0.2, 0) is 11.2 Å². The van der Waals surface area contributed by atoms with Gasteiger partial charge in [0.15, 0.2) is 0 Å². The molecule has 0 atom stereocenters. The molecule has 2 rings (SSSR count). The second-order valence-corrected chi connectivity index (χ2v) is 4.83. The zero-order valence-electron chi connectivity index (χ0n) is 12.0. The number of nitrogens with zero attached hydrogens (tertiary/aromatic N) is 1. The van der Waals surface area contributed by atoms with E-state index in [1.165, 1.54) is 11.1 Å². The highest BCUT2D eigenvalue weighted by molar-refractivity contribution is 5.92. The molecule has 0 unspecified atom stereocenters. The third kappa shape index (κ3) is 3.57. The smallest absolute Gasteiger partial charge is 0.228 e. The molecule has 4 heteroatoms. The van der Waals surface area contributed by atoms with Crippen LogP contribution in [0.25, 0.3) is 0 Å². The molecule has 0 aliphatic heterocycles. The summed E-state index contributed by atoms with van der Waals surface area (Å²) in [6.45, 7) is 4.12. The lowest BCUT2D eigenvalue weighted by molar-refractivity contribution is -0.115. The first kappa shape index (κ1) is 14.1. The molecule has 20 heavy (non-hydrogen) atoms. The van der Waals surface area contributed by atoms with Gasteiger partial charge in [-0.2, -0.15) is 0 Å². The van der Waals surface area contributed by atoms with Gasteiger partial charge in [0.05, 0.1) is 18.3 Å². The third-order valence-electron chi connectivity index (χ3n) is 3.24. The monoisotopic (exact) mass is 269 g/mol. The Bertz CT molecular complexity index is 606. The summed E-state index contributed by atoms with van der Waals surface area (Å²) in [6.07, 6.45) is 2.01. The summed E-state index contributed by atoms with van der Waals surface area (Å²) < 4.78 is 0. The first-order valence-corrected chi connectivity index (χ1v) is 6.58. The van der Waals surface area contributed by atoms with E-state index in [1.54, 1.807) is 13.2 Å². The number of carbonyl (C=O) groups is 1. The molecule has 0 aliphatic carbocycles. The number of amides is 1. The molecule has 0 radical (unpaired) electrons. The van der Waals surface area contributed by atoms with E-state index in [-0.39, 0.29) is 5.91 Å². The fraction of sp³-hybridized carbons (Fsp3) is 0.250. The second-order valence-electron chi connectivity index (χ2n) is 4.83. The first-order chi connectivity index (χ1) is 9.58. The third-order valence-corrected chi connectivity index (χ3v) is 3.24. The van der Waals surface area contributed by atoms with Crippen LogP contribution in [0.1, 0.15) is 16.7 Å². The van der Waals surface area contributed by atoms with Crippen molar-refractivity contribution >= 4 is 17.4 Å². The molecule has 0 bridgehead atoms. The number of anilines is 2. The van der Waals surface area contributed by atoms with Crippen LogP contribution in [0.5, 0.6) is 0 Å². The Hall–Kier alpha value is -2.36. The molecule has 1 amide bonds. The van der Waals surface area contributed by atoms with Crippen LogP contribution in [0, 0.1) is 13.8 Å². The lowest BCUT2D eigenvalue weighted by Crippen LogP contribution is -2.14. The zero-order chi connectivity index (χ0) is 14.5. The molecule has 0 fully saturated rings. The minimum absolute atomic E-state index is 0.0349. The molecule has 2 aromatic rings. The highest BCUT2D eigenvalue weighted by Crippen LogP contribution is 2.12. The van der Waals surface area contributed by atoms with Gasteiger partial charge in [0.25, 0.3) is 0 Å². The number of hydrogen-bond acceptors (Lipinski definition) is 3. The summed E-state index contributed by atoms with van der Waals surface area (Å²) in [6, 6.07) is 9.74. The summed E-state index contributed by atoms with van der Waals surface area (Å²) in [5, 5.41) is 5.78. The van der Waals surface area contributed by atoms with Crippen molar-refractivity contribution < 1.29 is 4.79 Å². The Labute approximate surface area is 119 Å². The molecule has 0 spiro atoms. The van der Waals surface area contributed by atoms with Crippen molar-refractivity contribution in [3.8, 4) is 0 Å². The number of rotatable bonds is 4. The molecule has 0 saturated carbocycles. The summed E-state index contributed by atoms with van der Waals surface area (Å²) >= 11 is 0. The second kappa shape index (κ2) is 6.19. The van der Waals surface area contributed by atoms with Gasteiger partial charge in [-0.3, -0.25) is 4.79 Å². The van der Waals surface area contributed by atoms with Gasteiger partial charge >= 0.3 is 0 Å². The molecule has 0 saturated heterocycles. The summed E-state index contributed by atoms with van der Waals surface area (Å²) in [5.41, 5.74) is 4.17. The van der Waals surface area contributed by atoms with E-state index < -0.39 is 0 Å². The number of pyridine rings is 1. The first-order valence-electron chi connectivity index (χ1n) is 6.58. The SMILES string of the molecule is CNc1ccc(NC(=O)Cc2ccc(C)c(C)c2)cn1. The molecule has 104 valence electrons. The van der Waals surface area contributed by atoms with E-state index in [0.717, 1.165) is 11.4 Å². The molecule has 2 N–H and O–H groups in total. The van der Waals surface area contributed by atoms with Crippen LogP contribution < -0.4 is 10.6 Å². The Kier molecular flexibility index (Phi) is 4.35. The van der Waals surface area contributed by atoms with E-state index in [9.17, 15) is 4.79 Å². The van der Waals surface area contributed by atoms with Crippen molar-refractivity contribution in [2.75, 3.05) is 17.7 Å². The lowest BCUT2D eigenvalue weighted by Gasteiger charge is -2.07. The van der Waals surface area contributed by atoms with Gasteiger partial charge < -0.3 is 10.6 Å². The van der Waals surface area contributed by atoms with Crippen molar-refractivity contribution in [3.63, 3.8) is 0 Å². The molecular formula is C16H19N3O. The highest BCUT2D eigenvalue weighted by atomic mass is 16.1. The number of aryl methyl sites for hydroxylation is 2. The van der Waals surface area contributed by atoms with Crippen molar-refractivity contribution in [1.29, 1.82) is 0 Å². The lowest BCUT2D eigenvalue weighted by atomic mass is 10.0. The molecule has 1 aromatic heterocycles. The van der Waals surface area contributed by atoms with Crippen LogP contribution in [0.4, 0.5) is 11.5 Å². The molecule has 1 aromatic carbocycles. The number of benzene rings is 1. The standard InChI is InChI=1S/C16H19N3O/c1-11-4-5-13(8-12(11)2)9-16(20)19-14-6-7-15(17-3)18-10-14/h4-8,10H,9H2,1-3H3,(H,17,18)(H,19,20). The van der Waals surface area contributed by atoms with Gasteiger partial charge in [0, 0.05) is 7.05 Å². The fourth-order valence-electron chi connectivity index (χ4n) is 1.92.